The molecule has 0 bridgehead atoms. The van der Waals surface area contributed by atoms with Gasteiger partial charge in [0.05, 0.1) is 0 Å². The predicted molar refractivity (Wildman–Crippen MR) is 88.1 cm³/mol. The third-order valence-corrected chi connectivity index (χ3v) is 7.54. The van der Waals surface area contributed by atoms with Crippen LogP contribution in [0, 0.1) is 22.7 Å². The number of rotatable bonds is 5. The molecular weight excluding hydrogens is 262 g/mol. The lowest BCUT2D eigenvalue weighted by Crippen LogP contribution is -2.29. The predicted octanol–water partition coefficient (Wildman–Crippen LogP) is 5.25. The SMILES string of the molecule is CC1(C)C(CNC(c2cccs2)C2CCCC2)C1(C)C. The summed E-state index contributed by atoms with van der Waals surface area (Å²) in [5, 5.41) is 6.17. The van der Waals surface area contributed by atoms with Gasteiger partial charge in [0.2, 0.25) is 0 Å². The summed E-state index contributed by atoms with van der Waals surface area (Å²) >= 11 is 1.93. The van der Waals surface area contributed by atoms with E-state index in [-0.39, 0.29) is 0 Å². The van der Waals surface area contributed by atoms with Gasteiger partial charge in [0.25, 0.3) is 0 Å². The largest absolute Gasteiger partial charge is 0.309 e. The average Bonchev–Trinajstić information content (AvgIpc) is 2.94. The molecule has 1 unspecified atom stereocenters. The smallest absolute Gasteiger partial charge is 0.0443 e. The van der Waals surface area contributed by atoms with E-state index < -0.39 is 0 Å². The van der Waals surface area contributed by atoms with Crippen LogP contribution in [0.3, 0.4) is 0 Å². The van der Waals surface area contributed by atoms with Crippen molar-refractivity contribution in [3.05, 3.63) is 22.4 Å². The molecule has 2 aliphatic carbocycles. The minimum absolute atomic E-state index is 0.496. The summed E-state index contributed by atoms with van der Waals surface area (Å²) in [7, 11) is 0. The van der Waals surface area contributed by atoms with Crippen LogP contribution >= 0.6 is 11.3 Å². The van der Waals surface area contributed by atoms with Gasteiger partial charge in [0.15, 0.2) is 0 Å². The van der Waals surface area contributed by atoms with Gasteiger partial charge in [0, 0.05) is 10.9 Å². The summed E-state index contributed by atoms with van der Waals surface area (Å²) in [5.41, 5.74) is 0.991. The highest BCUT2D eigenvalue weighted by Crippen LogP contribution is 2.68. The first-order valence-electron chi connectivity index (χ1n) is 8.21. The Kier molecular flexibility index (Phi) is 3.75. The summed E-state index contributed by atoms with van der Waals surface area (Å²) < 4.78 is 0. The van der Waals surface area contributed by atoms with E-state index in [9.17, 15) is 0 Å². The fraction of sp³-hybridized carbons (Fsp3) is 0.778. The van der Waals surface area contributed by atoms with Crippen molar-refractivity contribution in [2.75, 3.05) is 6.54 Å². The Morgan fingerprint density at radius 1 is 1.20 bits per heavy atom. The fourth-order valence-electron chi connectivity index (χ4n) is 4.35. The Labute approximate surface area is 128 Å². The lowest BCUT2D eigenvalue weighted by molar-refractivity contribution is 0.355. The van der Waals surface area contributed by atoms with E-state index in [2.05, 4.69) is 50.5 Å². The molecule has 1 nitrogen and oxygen atoms in total. The molecule has 20 heavy (non-hydrogen) atoms. The first kappa shape index (κ1) is 14.6. The minimum atomic E-state index is 0.496. The van der Waals surface area contributed by atoms with E-state index in [1.807, 2.05) is 11.3 Å². The topological polar surface area (TPSA) is 12.0 Å². The first-order chi connectivity index (χ1) is 9.44. The number of hydrogen-bond acceptors (Lipinski definition) is 2. The van der Waals surface area contributed by atoms with E-state index in [0.29, 0.717) is 16.9 Å². The van der Waals surface area contributed by atoms with Crippen molar-refractivity contribution in [1.82, 2.24) is 5.32 Å². The third-order valence-electron chi connectivity index (χ3n) is 6.58. The molecule has 1 aromatic rings. The average molecular weight is 292 g/mol. The molecule has 2 saturated carbocycles. The molecule has 112 valence electrons. The van der Waals surface area contributed by atoms with E-state index >= 15 is 0 Å². The molecule has 3 rings (SSSR count). The first-order valence-corrected chi connectivity index (χ1v) is 9.09. The van der Waals surface area contributed by atoms with Gasteiger partial charge in [-0.2, -0.15) is 0 Å². The van der Waals surface area contributed by atoms with Gasteiger partial charge in [-0.3, -0.25) is 0 Å². The summed E-state index contributed by atoms with van der Waals surface area (Å²) in [6.07, 6.45) is 5.67. The molecule has 0 spiro atoms. The van der Waals surface area contributed by atoms with Gasteiger partial charge in [-0.15, -0.1) is 11.3 Å². The van der Waals surface area contributed by atoms with Crippen LogP contribution in [-0.4, -0.2) is 6.54 Å². The Balaban J connectivity index is 1.66. The Bertz CT molecular complexity index is 426. The van der Waals surface area contributed by atoms with Crippen molar-refractivity contribution in [1.29, 1.82) is 0 Å². The van der Waals surface area contributed by atoms with Gasteiger partial charge in [-0.25, -0.2) is 0 Å². The molecule has 2 aliphatic rings. The Hall–Kier alpha value is -0.340. The van der Waals surface area contributed by atoms with Gasteiger partial charge in [-0.05, 0) is 53.5 Å². The zero-order valence-electron chi connectivity index (χ0n) is 13.4. The standard InChI is InChI=1S/C18H29NS/c1-17(2)15(18(17,3)4)12-19-16(13-8-5-6-9-13)14-10-7-11-20-14/h7,10-11,13,15-16,19H,5-6,8-9,12H2,1-4H3. The quantitative estimate of drug-likeness (QED) is 0.781. The molecule has 0 amide bonds. The highest BCUT2D eigenvalue weighted by atomic mass is 32.1. The van der Waals surface area contributed by atoms with Crippen molar-refractivity contribution in [3.63, 3.8) is 0 Å². The normalized spacial score (nSPS) is 26.8. The van der Waals surface area contributed by atoms with Gasteiger partial charge in [-0.1, -0.05) is 46.6 Å². The van der Waals surface area contributed by atoms with Crippen molar-refractivity contribution < 1.29 is 0 Å². The highest BCUT2D eigenvalue weighted by molar-refractivity contribution is 7.10. The summed E-state index contributed by atoms with van der Waals surface area (Å²) in [6, 6.07) is 5.13. The van der Waals surface area contributed by atoms with Gasteiger partial charge >= 0.3 is 0 Å². The van der Waals surface area contributed by atoms with Gasteiger partial charge in [0.1, 0.15) is 0 Å². The zero-order chi connectivity index (χ0) is 14.4. The fourth-order valence-corrected chi connectivity index (χ4v) is 5.24. The molecule has 1 atom stereocenters. The van der Waals surface area contributed by atoms with Crippen molar-refractivity contribution in [2.45, 2.75) is 59.4 Å². The number of hydrogen-bond donors (Lipinski definition) is 1. The van der Waals surface area contributed by atoms with E-state index in [1.54, 1.807) is 4.88 Å². The van der Waals surface area contributed by atoms with Crippen LogP contribution in [-0.2, 0) is 0 Å². The maximum absolute atomic E-state index is 3.95. The second-order valence-electron chi connectivity index (χ2n) is 7.94. The lowest BCUT2D eigenvalue weighted by Gasteiger charge is -2.24. The summed E-state index contributed by atoms with van der Waals surface area (Å²) in [4.78, 5) is 1.55. The van der Waals surface area contributed by atoms with Gasteiger partial charge < -0.3 is 5.32 Å². The second-order valence-corrected chi connectivity index (χ2v) is 8.92. The molecule has 0 aliphatic heterocycles. The zero-order valence-corrected chi connectivity index (χ0v) is 14.2. The van der Waals surface area contributed by atoms with Crippen molar-refractivity contribution in [3.8, 4) is 0 Å². The molecule has 0 saturated heterocycles. The van der Waals surface area contributed by atoms with Crippen LogP contribution in [0.4, 0.5) is 0 Å². The van der Waals surface area contributed by atoms with Crippen molar-refractivity contribution >= 4 is 11.3 Å². The monoisotopic (exact) mass is 291 g/mol. The molecule has 0 aromatic carbocycles. The second kappa shape index (κ2) is 5.14. The molecule has 1 aromatic heterocycles. The molecular formula is C18H29NS. The highest BCUT2D eigenvalue weighted by Gasteiger charge is 2.64. The molecule has 2 fully saturated rings. The van der Waals surface area contributed by atoms with Crippen LogP contribution in [0.5, 0.6) is 0 Å². The van der Waals surface area contributed by atoms with Crippen molar-refractivity contribution in [2.24, 2.45) is 22.7 Å². The number of thiophene rings is 1. The lowest BCUT2D eigenvalue weighted by atomic mass is 9.96. The Morgan fingerprint density at radius 3 is 2.35 bits per heavy atom. The summed E-state index contributed by atoms with van der Waals surface area (Å²) in [5.74, 6) is 1.68. The minimum Gasteiger partial charge on any atom is -0.309 e. The maximum Gasteiger partial charge on any atom is 0.0443 e. The summed E-state index contributed by atoms with van der Waals surface area (Å²) in [6.45, 7) is 10.9. The van der Waals surface area contributed by atoms with Crippen LogP contribution in [0.2, 0.25) is 0 Å². The van der Waals surface area contributed by atoms with Crippen LogP contribution < -0.4 is 5.32 Å². The van der Waals surface area contributed by atoms with Crippen LogP contribution in [0.1, 0.15) is 64.3 Å². The molecule has 1 heterocycles. The van der Waals surface area contributed by atoms with Crippen LogP contribution in [0.25, 0.3) is 0 Å². The molecule has 1 N–H and O–H groups in total. The molecule has 0 radical (unpaired) electrons. The van der Waals surface area contributed by atoms with E-state index in [4.69, 9.17) is 0 Å². The van der Waals surface area contributed by atoms with Crippen LogP contribution in [0.15, 0.2) is 17.5 Å². The third kappa shape index (κ3) is 2.35. The Morgan fingerprint density at radius 2 is 1.85 bits per heavy atom. The van der Waals surface area contributed by atoms with E-state index in [1.165, 1.54) is 32.2 Å². The van der Waals surface area contributed by atoms with E-state index in [0.717, 1.165) is 11.8 Å². The maximum atomic E-state index is 3.95. The number of nitrogens with one attached hydrogen (secondary N) is 1. The molecule has 2 heteroatoms.